The van der Waals surface area contributed by atoms with Crippen molar-refractivity contribution in [3.05, 3.63) is 110 Å². The van der Waals surface area contributed by atoms with Gasteiger partial charge in [0.05, 0.1) is 11.0 Å². The molecule has 172 valence electrons. The molecule has 0 amide bonds. The van der Waals surface area contributed by atoms with Crippen LogP contribution in [0.25, 0.3) is 0 Å². The van der Waals surface area contributed by atoms with Crippen LogP contribution in [0.15, 0.2) is 79.0 Å². The van der Waals surface area contributed by atoms with E-state index in [0.717, 1.165) is 23.7 Å². The van der Waals surface area contributed by atoms with Crippen molar-refractivity contribution >= 4 is 34.6 Å². The fraction of sp³-hybridized carbons (Fsp3) is 0.174. The van der Waals surface area contributed by atoms with Gasteiger partial charge in [0.2, 0.25) is 0 Å². The average molecular weight is 488 g/mol. The standard InChI is InChI=1S/C23H23Cl2N5O3/c24-18-10-19(25)12-21(11-18)29-23(15-30(32)33)28-20-5-3-16(4-6-20)7-9-27-14-22(31)17-2-1-8-26-13-17/h1-6,8,10-13,15,22,27-29,31H,7,9,14H2/b23-15+. The molecule has 1 heterocycles. The van der Waals surface area contributed by atoms with Crippen molar-refractivity contribution in [2.24, 2.45) is 0 Å². The lowest BCUT2D eigenvalue weighted by atomic mass is 10.1. The maximum atomic E-state index is 11.0. The van der Waals surface area contributed by atoms with Gasteiger partial charge in [-0.2, -0.15) is 0 Å². The highest BCUT2D eigenvalue weighted by molar-refractivity contribution is 6.35. The zero-order chi connectivity index (χ0) is 23.6. The van der Waals surface area contributed by atoms with Gasteiger partial charge in [0, 0.05) is 45.9 Å². The second kappa shape index (κ2) is 12.2. The SMILES string of the molecule is O=[N+]([O-])/C=C(\Nc1ccc(CCNCC(O)c2cccnc2)cc1)Nc1cc(Cl)cc(Cl)c1. The van der Waals surface area contributed by atoms with Gasteiger partial charge >= 0.3 is 0 Å². The number of nitrogens with one attached hydrogen (secondary N) is 3. The molecular weight excluding hydrogens is 465 g/mol. The molecule has 0 saturated heterocycles. The second-order valence-corrected chi connectivity index (χ2v) is 8.06. The summed E-state index contributed by atoms with van der Waals surface area (Å²) in [5.41, 5.74) is 3.04. The van der Waals surface area contributed by atoms with Gasteiger partial charge in [0.15, 0.2) is 5.82 Å². The van der Waals surface area contributed by atoms with Crippen LogP contribution in [0.1, 0.15) is 17.2 Å². The summed E-state index contributed by atoms with van der Waals surface area (Å²) in [6.45, 7) is 1.12. The number of pyridine rings is 1. The zero-order valence-corrected chi connectivity index (χ0v) is 19.1. The van der Waals surface area contributed by atoms with E-state index in [0.29, 0.717) is 34.5 Å². The minimum absolute atomic E-state index is 0.164. The van der Waals surface area contributed by atoms with Crippen LogP contribution < -0.4 is 16.0 Å². The quantitative estimate of drug-likeness (QED) is 0.173. The number of rotatable bonds is 11. The number of aliphatic hydroxyl groups is 1. The molecule has 10 heteroatoms. The maximum Gasteiger partial charge on any atom is 0.274 e. The monoisotopic (exact) mass is 487 g/mol. The van der Waals surface area contributed by atoms with E-state index >= 15 is 0 Å². The highest BCUT2D eigenvalue weighted by Gasteiger charge is 2.08. The van der Waals surface area contributed by atoms with E-state index in [-0.39, 0.29) is 5.82 Å². The average Bonchev–Trinajstić information content (AvgIpc) is 2.77. The molecule has 3 aromatic rings. The molecule has 1 unspecified atom stereocenters. The third-order valence-corrected chi connectivity index (χ3v) is 5.04. The lowest BCUT2D eigenvalue weighted by Gasteiger charge is -2.13. The summed E-state index contributed by atoms with van der Waals surface area (Å²) in [6, 6.07) is 16.0. The van der Waals surface area contributed by atoms with Crippen LogP contribution in [0.5, 0.6) is 0 Å². The first-order valence-electron chi connectivity index (χ1n) is 10.1. The third kappa shape index (κ3) is 8.36. The second-order valence-electron chi connectivity index (χ2n) is 7.19. The van der Waals surface area contributed by atoms with E-state index in [1.807, 2.05) is 30.3 Å². The van der Waals surface area contributed by atoms with Crippen molar-refractivity contribution in [1.29, 1.82) is 0 Å². The summed E-state index contributed by atoms with van der Waals surface area (Å²) in [6.07, 6.45) is 4.30. The Labute approximate surface area is 201 Å². The van der Waals surface area contributed by atoms with E-state index in [1.165, 1.54) is 0 Å². The van der Waals surface area contributed by atoms with Gasteiger partial charge in [-0.1, -0.05) is 41.4 Å². The smallest absolute Gasteiger partial charge is 0.274 e. The molecule has 8 nitrogen and oxygen atoms in total. The number of aliphatic hydroxyl groups excluding tert-OH is 1. The van der Waals surface area contributed by atoms with Crippen LogP contribution in [0, 0.1) is 10.1 Å². The molecule has 0 aliphatic heterocycles. The Morgan fingerprint density at radius 2 is 1.79 bits per heavy atom. The van der Waals surface area contributed by atoms with Crippen molar-refractivity contribution in [3.63, 3.8) is 0 Å². The lowest BCUT2D eigenvalue weighted by Crippen LogP contribution is -2.23. The Morgan fingerprint density at radius 1 is 1.09 bits per heavy atom. The molecular formula is C23H23Cl2N5O3. The van der Waals surface area contributed by atoms with Crippen molar-refractivity contribution in [2.45, 2.75) is 12.5 Å². The van der Waals surface area contributed by atoms with E-state index in [9.17, 15) is 15.2 Å². The molecule has 0 saturated carbocycles. The van der Waals surface area contributed by atoms with Crippen LogP contribution >= 0.6 is 23.2 Å². The Bertz CT molecular complexity index is 1070. The Kier molecular flexibility index (Phi) is 9.03. The van der Waals surface area contributed by atoms with E-state index in [2.05, 4.69) is 20.9 Å². The Morgan fingerprint density at radius 3 is 2.42 bits per heavy atom. The third-order valence-electron chi connectivity index (χ3n) is 4.61. The molecule has 0 fully saturated rings. The van der Waals surface area contributed by atoms with Gasteiger partial charge in [-0.05, 0) is 54.9 Å². The number of aromatic nitrogens is 1. The molecule has 1 aromatic heterocycles. The fourth-order valence-electron chi connectivity index (χ4n) is 3.06. The molecule has 0 bridgehead atoms. The topological polar surface area (TPSA) is 112 Å². The molecule has 33 heavy (non-hydrogen) atoms. The van der Waals surface area contributed by atoms with E-state index in [1.54, 1.807) is 36.7 Å². The van der Waals surface area contributed by atoms with Gasteiger partial charge in [-0.25, -0.2) is 0 Å². The molecule has 1 atom stereocenters. The van der Waals surface area contributed by atoms with Crippen molar-refractivity contribution < 1.29 is 10.0 Å². The number of anilines is 2. The minimum Gasteiger partial charge on any atom is -0.387 e. The Hall–Kier alpha value is -3.17. The first-order valence-corrected chi connectivity index (χ1v) is 10.9. The van der Waals surface area contributed by atoms with Gasteiger partial charge in [0.1, 0.15) is 0 Å². The first-order chi connectivity index (χ1) is 15.9. The van der Waals surface area contributed by atoms with E-state index in [4.69, 9.17) is 23.2 Å². The number of nitrogens with zero attached hydrogens (tertiary/aromatic N) is 2. The summed E-state index contributed by atoms with van der Waals surface area (Å²) >= 11 is 12.0. The maximum absolute atomic E-state index is 11.0. The highest BCUT2D eigenvalue weighted by atomic mass is 35.5. The molecule has 3 rings (SSSR count). The van der Waals surface area contributed by atoms with Gasteiger partial charge in [-0.3, -0.25) is 15.1 Å². The van der Waals surface area contributed by atoms with Crippen LogP contribution in [-0.2, 0) is 6.42 Å². The summed E-state index contributed by atoms with van der Waals surface area (Å²) in [5, 5.41) is 31.2. The van der Waals surface area contributed by atoms with Crippen molar-refractivity contribution in [3.8, 4) is 0 Å². The predicted molar refractivity (Wildman–Crippen MR) is 131 cm³/mol. The van der Waals surface area contributed by atoms with Crippen LogP contribution in [-0.4, -0.2) is 28.1 Å². The number of halogens is 2. The Balaban J connectivity index is 1.52. The number of nitro groups is 1. The summed E-state index contributed by atoms with van der Waals surface area (Å²) in [7, 11) is 0. The first kappa shape index (κ1) is 24.5. The molecule has 0 aliphatic rings. The molecule has 0 aliphatic carbocycles. The predicted octanol–water partition coefficient (Wildman–Crippen LogP) is 4.85. The number of hydrogen-bond acceptors (Lipinski definition) is 7. The lowest BCUT2D eigenvalue weighted by molar-refractivity contribution is -0.403. The van der Waals surface area contributed by atoms with Gasteiger partial charge in [0.25, 0.3) is 6.20 Å². The van der Waals surface area contributed by atoms with Crippen molar-refractivity contribution in [1.82, 2.24) is 10.3 Å². The van der Waals surface area contributed by atoms with E-state index < -0.39 is 11.0 Å². The van der Waals surface area contributed by atoms with Gasteiger partial charge < -0.3 is 21.1 Å². The largest absolute Gasteiger partial charge is 0.387 e. The zero-order valence-electron chi connectivity index (χ0n) is 17.5. The molecule has 0 radical (unpaired) electrons. The number of benzene rings is 2. The minimum atomic E-state index is -0.612. The summed E-state index contributed by atoms with van der Waals surface area (Å²) in [5.74, 6) is 0.164. The van der Waals surface area contributed by atoms with Crippen molar-refractivity contribution in [2.75, 3.05) is 23.7 Å². The number of hydrogen-bond donors (Lipinski definition) is 4. The molecule has 2 aromatic carbocycles. The van der Waals surface area contributed by atoms with Crippen LogP contribution in [0.4, 0.5) is 11.4 Å². The summed E-state index contributed by atoms with van der Waals surface area (Å²) in [4.78, 5) is 14.5. The normalized spacial score (nSPS) is 12.3. The van der Waals surface area contributed by atoms with Gasteiger partial charge in [-0.15, -0.1) is 0 Å². The molecule has 4 N–H and O–H groups in total. The van der Waals surface area contributed by atoms with Crippen LogP contribution in [0.3, 0.4) is 0 Å². The summed E-state index contributed by atoms with van der Waals surface area (Å²) < 4.78 is 0. The van der Waals surface area contributed by atoms with Crippen LogP contribution in [0.2, 0.25) is 10.0 Å². The fourth-order valence-corrected chi connectivity index (χ4v) is 3.58. The molecule has 0 spiro atoms. The highest BCUT2D eigenvalue weighted by Crippen LogP contribution is 2.24.